The fourth-order valence-electron chi connectivity index (χ4n) is 2.69. The summed E-state index contributed by atoms with van der Waals surface area (Å²) in [5.74, 6) is 0. The SMILES string of the molecule is [O]C1CC2CCC(C1)N2CC(F)(F)F. The van der Waals surface area contributed by atoms with Crippen molar-refractivity contribution in [3.63, 3.8) is 0 Å². The highest BCUT2D eigenvalue weighted by Gasteiger charge is 2.45. The Bertz CT molecular complexity index is 205. The van der Waals surface area contributed by atoms with Gasteiger partial charge in [0.2, 0.25) is 0 Å². The fourth-order valence-corrected chi connectivity index (χ4v) is 2.69. The third-order valence-electron chi connectivity index (χ3n) is 3.20. The Hall–Kier alpha value is -0.290. The summed E-state index contributed by atoms with van der Waals surface area (Å²) in [6.07, 6.45) is -2.45. The summed E-state index contributed by atoms with van der Waals surface area (Å²) >= 11 is 0. The molecule has 14 heavy (non-hydrogen) atoms. The smallest absolute Gasteiger partial charge is 0.289 e. The van der Waals surface area contributed by atoms with Crippen molar-refractivity contribution in [1.82, 2.24) is 4.90 Å². The van der Waals surface area contributed by atoms with Gasteiger partial charge in [-0.1, -0.05) is 0 Å². The zero-order valence-corrected chi connectivity index (χ0v) is 7.76. The second kappa shape index (κ2) is 3.38. The first kappa shape index (κ1) is 10.2. The van der Waals surface area contributed by atoms with Crippen LogP contribution in [0.4, 0.5) is 13.2 Å². The maximum absolute atomic E-state index is 12.2. The van der Waals surface area contributed by atoms with Crippen LogP contribution < -0.4 is 0 Å². The molecular formula is C9H13F3NO. The van der Waals surface area contributed by atoms with Crippen molar-refractivity contribution < 1.29 is 18.3 Å². The Morgan fingerprint density at radius 3 is 2.07 bits per heavy atom. The lowest BCUT2D eigenvalue weighted by Gasteiger charge is -2.36. The van der Waals surface area contributed by atoms with Crippen molar-refractivity contribution in [3.05, 3.63) is 0 Å². The van der Waals surface area contributed by atoms with E-state index in [1.54, 1.807) is 0 Å². The Morgan fingerprint density at radius 2 is 1.64 bits per heavy atom. The van der Waals surface area contributed by atoms with E-state index in [9.17, 15) is 18.3 Å². The first-order chi connectivity index (χ1) is 6.46. The molecule has 0 spiro atoms. The van der Waals surface area contributed by atoms with Crippen molar-refractivity contribution in [2.24, 2.45) is 0 Å². The van der Waals surface area contributed by atoms with Gasteiger partial charge in [0.1, 0.15) is 0 Å². The van der Waals surface area contributed by atoms with E-state index in [1.807, 2.05) is 0 Å². The van der Waals surface area contributed by atoms with Gasteiger partial charge in [0.25, 0.3) is 0 Å². The number of nitrogens with zero attached hydrogens (tertiary/aromatic N) is 1. The zero-order valence-electron chi connectivity index (χ0n) is 7.76. The third kappa shape index (κ3) is 2.03. The van der Waals surface area contributed by atoms with E-state index < -0.39 is 18.8 Å². The van der Waals surface area contributed by atoms with Crippen LogP contribution in [-0.2, 0) is 5.11 Å². The van der Waals surface area contributed by atoms with Crippen molar-refractivity contribution in [1.29, 1.82) is 0 Å². The molecule has 0 aliphatic carbocycles. The topological polar surface area (TPSA) is 23.1 Å². The van der Waals surface area contributed by atoms with Crippen molar-refractivity contribution in [2.75, 3.05) is 6.54 Å². The largest absolute Gasteiger partial charge is 0.401 e. The number of hydrogen-bond acceptors (Lipinski definition) is 1. The molecule has 2 aliphatic rings. The molecule has 2 unspecified atom stereocenters. The summed E-state index contributed by atoms with van der Waals surface area (Å²) in [5.41, 5.74) is 0. The minimum Gasteiger partial charge on any atom is -0.289 e. The molecule has 0 saturated carbocycles. The number of halogens is 3. The zero-order chi connectivity index (χ0) is 10.3. The monoisotopic (exact) mass is 208 g/mol. The van der Waals surface area contributed by atoms with Crippen molar-refractivity contribution in [3.8, 4) is 0 Å². The minimum absolute atomic E-state index is 0.113. The Labute approximate surface area is 80.7 Å². The predicted molar refractivity (Wildman–Crippen MR) is 43.3 cm³/mol. The van der Waals surface area contributed by atoms with Crippen LogP contribution in [-0.4, -0.2) is 35.8 Å². The molecule has 0 N–H and O–H groups in total. The molecule has 2 heterocycles. The summed E-state index contributed by atoms with van der Waals surface area (Å²) in [7, 11) is 0. The van der Waals surface area contributed by atoms with Crippen LogP contribution in [0.25, 0.3) is 0 Å². The highest BCUT2D eigenvalue weighted by molar-refractivity contribution is 4.95. The molecule has 0 aromatic rings. The summed E-state index contributed by atoms with van der Waals surface area (Å²) in [4.78, 5) is 1.48. The molecule has 81 valence electrons. The van der Waals surface area contributed by atoms with E-state index in [4.69, 9.17) is 0 Å². The van der Waals surface area contributed by atoms with Crippen molar-refractivity contribution in [2.45, 2.75) is 50.0 Å². The number of fused-ring (bicyclic) bond motifs is 2. The molecule has 0 amide bonds. The molecule has 2 saturated heterocycles. The summed E-state index contributed by atoms with van der Waals surface area (Å²) in [6.45, 7) is -0.838. The first-order valence-electron chi connectivity index (χ1n) is 4.94. The average Bonchev–Trinajstić information content (AvgIpc) is 2.31. The van der Waals surface area contributed by atoms with Gasteiger partial charge < -0.3 is 0 Å². The van der Waals surface area contributed by atoms with Crippen LogP contribution in [0.1, 0.15) is 25.7 Å². The second-order valence-corrected chi connectivity index (χ2v) is 4.27. The van der Waals surface area contributed by atoms with E-state index >= 15 is 0 Å². The van der Waals surface area contributed by atoms with E-state index in [0.29, 0.717) is 12.8 Å². The lowest BCUT2D eigenvalue weighted by Crippen LogP contribution is -2.48. The number of rotatable bonds is 1. The van der Waals surface area contributed by atoms with E-state index in [1.165, 1.54) is 4.90 Å². The number of alkyl halides is 3. The maximum atomic E-state index is 12.2. The van der Waals surface area contributed by atoms with E-state index in [-0.39, 0.29) is 12.1 Å². The minimum atomic E-state index is -4.13. The number of hydrogen-bond donors (Lipinski definition) is 0. The molecule has 5 heteroatoms. The van der Waals surface area contributed by atoms with Crippen LogP contribution >= 0.6 is 0 Å². The molecule has 2 nitrogen and oxygen atoms in total. The second-order valence-electron chi connectivity index (χ2n) is 4.27. The number of piperidine rings is 1. The quantitative estimate of drug-likeness (QED) is 0.646. The Kier molecular flexibility index (Phi) is 2.47. The van der Waals surface area contributed by atoms with Crippen LogP contribution in [0.3, 0.4) is 0 Å². The molecule has 0 aromatic carbocycles. The standard InChI is InChI=1S/C9H13F3NO/c10-9(11,12)5-13-6-1-2-7(13)4-8(14)3-6/h6-8H,1-5H2. The molecule has 2 bridgehead atoms. The molecule has 1 radical (unpaired) electrons. The van der Waals surface area contributed by atoms with Crippen molar-refractivity contribution >= 4 is 0 Å². The predicted octanol–water partition coefficient (Wildman–Crippen LogP) is 1.97. The summed E-state index contributed by atoms with van der Waals surface area (Å²) in [6, 6.07) is -0.226. The van der Waals surface area contributed by atoms with Gasteiger partial charge >= 0.3 is 6.18 Å². The molecule has 0 aromatic heterocycles. The first-order valence-corrected chi connectivity index (χ1v) is 4.94. The Balaban J connectivity index is 2.01. The van der Waals surface area contributed by atoms with Gasteiger partial charge in [0, 0.05) is 12.1 Å². The third-order valence-corrected chi connectivity index (χ3v) is 3.20. The van der Waals surface area contributed by atoms with Gasteiger partial charge in [0.05, 0.1) is 12.6 Å². The van der Waals surface area contributed by atoms with Crippen LogP contribution in [0, 0.1) is 0 Å². The van der Waals surface area contributed by atoms with Gasteiger partial charge in [-0.3, -0.25) is 4.90 Å². The van der Waals surface area contributed by atoms with E-state index in [0.717, 1.165) is 12.8 Å². The highest BCUT2D eigenvalue weighted by atomic mass is 19.4. The van der Waals surface area contributed by atoms with Crippen LogP contribution in [0.5, 0.6) is 0 Å². The molecule has 2 fully saturated rings. The molecule has 2 aliphatic heterocycles. The van der Waals surface area contributed by atoms with Gasteiger partial charge in [-0.05, 0) is 25.7 Å². The van der Waals surface area contributed by atoms with Gasteiger partial charge in [0.15, 0.2) is 0 Å². The van der Waals surface area contributed by atoms with Crippen LogP contribution in [0.15, 0.2) is 0 Å². The molecule has 2 rings (SSSR count). The molecule has 2 atom stereocenters. The summed E-state index contributed by atoms with van der Waals surface area (Å²) in [5, 5.41) is 11.2. The average molecular weight is 208 g/mol. The molecular weight excluding hydrogens is 195 g/mol. The normalized spacial score (nSPS) is 39.0. The van der Waals surface area contributed by atoms with E-state index in [2.05, 4.69) is 0 Å². The Morgan fingerprint density at radius 1 is 1.14 bits per heavy atom. The maximum Gasteiger partial charge on any atom is 0.401 e. The van der Waals surface area contributed by atoms with Gasteiger partial charge in [-0.2, -0.15) is 13.2 Å². The lowest BCUT2D eigenvalue weighted by atomic mass is 10.00. The van der Waals surface area contributed by atoms with Gasteiger partial charge in [-0.25, -0.2) is 5.11 Å². The summed E-state index contributed by atoms with van der Waals surface area (Å²) < 4.78 is 36.6. The van der Waals surface area contributed by atoms with Gasteiger partial charge in [-0.15, -0.1) is 0 Å². The highest BCUT2D eigenvalue weighted by Crippen LogP contribution is 2.37. The fraction of sp³-hybridized carbons (Fsp3) is 1.00. The van der Waals surface area contributed by atoms with Crippen LogP contribution in [0.2, 0.25) is 0 Å². The lowest BCUT2D eigenvalue weighted by molar-refractivity contribution is -0.160.